The Bertz CT molecular complexity index is 687. The van der Waals surface area contributed by atoms with Gasteiger partial charge in [0.05, 0.1) is 0 Å². The molecule has 0 amide bonds. The molecule has 0 fully saturated rings. The summed E-state index contributed by atoms with van der Waals surface area (Å²) in [6.45, 7) is 0. The summed E-state index contributed by atoms with van der Waals surface area (Å²) in [7, 11) is 0. The Morgan fingerprint density at radius 2 is 1.42 bits per heavy atom. The molecule has 1 heterocycles. The number of carbonyl (C=O) groups excluding carboxylic acids is 1. The highest BCUT2D eigenvalue weighted by Crippen LogP contribution is 2.27. The van der Waals surface area contributed by atoms with Crippen LogP contribution in [0.25, 0.3) is 22.7 Å². The van der Waals surface area contributed by atoms with Crippen molar-refractivity contribution >= 4 is 6.29 Å². The summed E-state index contributed by atoms with van der Waals surface area (Å²) >= 11 is 0. The van der Waals surface area contributed by atoms with Crippen LogP contribution >= 0.6 is 0 Å². The molecule has 19 heavy (non-hydrogen) atoms. The van der Waals surface area contributed by atoms with Gasteiger partial charge in [-0.1, -0.05) is 48.5 Å². The van der Waals surface area contributed by atoms with Crippen LogP contribution in [0.15, 0.2) is 65.1 Å². The van der Waals surface area contributed by atoms with E-state index in [2.05, 4.69) is 4.98 Å². The number of aldehydes is 1. The summed E-state index contributed by atoms with van der Waals surface area (Å²) in [6.07, 6.45) is 0.696. The van der Waals surface area contributed by atoms with Crippen molar-refractivity contribution in [3.05, 3.63) is 66.4 Å². The SMILES string of the molecule is O=Cc1oc(-c2ccccc2)nc1-c1ccccc1. The van der Waals surface area contributed by atoms with Crippen molar-refractivity contribution in [1.29, 1.82) is 0 Å². The van der Waals surface area contributed by atoms with Crippen LogP contribution in [0.3, 0.4) is 0 Å². The summed E-state index contributed by atoms with van der Waals surface area (Å²) in [5.74, 6) is 0.714. The number of hydrogen-bond donors (Lipinski definition) is 0. The van der Waals surface area contributed by atoms with Gasteiger partial charge in [-0.25, -0.2) is 4.98 Å². The van der Waals surface area contributed by atoms with E-state index in [0.29, 0.717) is 17.9 Å². The highest BCUT2D eigenvalue weighted by Gasteiger charge is 2.15. The van der Waals surface area contributed by atoms with Crippen LogP contribution in [0.5, 0.6) is 0 Å². The minimum Gasteiger partial charge on any atom is -0.433 e. The van der Waals surface area contributed by atoms with Crippen molar-refractivity contribution in [1.82, 2.24) is 4.98 Å². The number of rotatable bonds is 3. The van der Waals surface area contributed by atoms with E-state index >= 15 is 0 Å². The molecular formula is C16H11NO2. The van der Waals surface area contributed by atoms with Gasteiger partial charge in [-0.05, 0) is 12.1 Å². The summed E-state index contributed by atoms with van der Waals surface area (Å²) < 4.78 is 5.53. The summed E-state index contributed by atoms with van der Waals surface area (Å²) in [4.78, 5) is 15.5. The maximum Gasteiger partial charge on any atom is 0.227 e. The Kier molecular flexibility index (Phi) is 2.94. The molecule has 0 bridgehead atoms. The number of hydrogen-bond acceptors (Lipinski definition) is 3. The molecule has 92 valence electrons. The second-order valence-corrected chi connectivity index (χ2v) is 4.08. The molecule has 0 spiro atoms. The van der Waals surface area contributed by atoms with Crippen molar-refractivity contribution < 1.29 is 9.21 Å². The number of aromatic nitrogens is 1. The number of oxazole rings is 1. The molecule has 3 rings (SSSR count). The molecule has 0 atom stereocenters. The van der Waals surface area contributed by atoms with Crippen LogP contribution in [0.2, 0.25) is 0 Å². The first kappa shape index (κ1) is 11.4. The molecular weight excluding hydrogens is 238 g/mol. The molecule has 0 N–H and O–H groups in total. The van der Waals surface area contributed by atoms with Crippen molar-refractivity contribution in [2.75, 3.05) is 0 Å². The third-order valence-corrected chi connectivity index (χ3v) is 2.83. The Morgan fingerprint density at radius 1 is 0.842 bits per heavy atom. The number of benzene rings is 2. The predicted molar refractivity (Wildman–Crippen MR) is 72.8 cm³/mol. The van der Waals surface area contributed by atoms with Crippen molar-refractivity contribution in [2.45, 2.75) is 0 Å². The van der Waals surface area contributed by atoms with Gasteiger partial charge in [-0.3, -0.25) is 4.79 Å². The van der Waals surface area contributed by atoms with E-state index in [1.165, 1.54) is 0 Å². The number of carbonyl (C=O) groups is 1. The van der Waals surface area contributed by atoms with Gasteiger partial charge in [0.15, 0.2) is 12.0 Å². The highest BCUT2D eigenvalue weighted by atomic mass is 16.4. The average Bonchev–Trinajstić information content (AvgIpc) is 2.93. The first-order valence-corrected chi connectivity index (χ1v) is 5.95. The minimum atomic E-state index is 0.255. The van der Waals surface area contributed by atoms with Crippen LogP contribution in [-0.4, -0.2) is 11.3 Å². The molecule has 1 aromatic heterocycles. The second kappa shape index (κ2) is 4.90. The third kappa shape index (κ3) is 2.18. The predicted octanol–water partition coefficient (Wildman–Crippen LogP) is 3.82. The lowest BCUT2D eigenvalue weighted by molar-refractivity contribution is 0.110. The summed E-state index contributed by atoms with van der Waals surface area (Å²) in [5.41, 5.74) is 2.30. The molecule has 0 saturated heterocycles. The molecule has 0 unspecified atom stereocenters. The lowest BCUT2D eigenvalue weighted by Crippen LogP contribution is -1.83. The van der Waals surface area contributed by atoms with E-state index in [9.17, 15) is 4.79 Å². The van der Waals surface area contributed by atoms with Gasteiger partial charge in [-0.15, -0.1) is 0 Å². The van der Waals surface area contributed by atoms with E-state index in [1.807, 2.05) is 60.7 Å². The smallest absolute Gasteiger partial charge is 0.227 e. The van der Waals surface area contributed by atoms with E-state index in [4.69, 9.17) is 4.42 Å². The molecule has 0 aliphatic heterocycles. The zero-order valence-electron chi connectivity index (χ0n) is 10.1. The van der Waals surface area contributed by atoms with Gasteiger partial charge in [0, 0.05) is 11.1 Å². The zero-order chi connectivity index (χ0) is 13.1. The monoisotopic (exact) mass is 249 g/mol. The van der Waals surface area contributed by atoms with Gasteiger partial charge in [0.1, 0.15) is 5.69 Å². The topological polar surface area (TPSA) is 43.1 Å². The Balaban J connectivity index is 2.12. The normalized spacial score (nSPS) is 10.3. The third-order valence-electron chi connectivity index (χ3n) is 2.83. The molecule has 0 aliphatic rings. The van der Waals surface area contributed by atoms with E-state index < -0.39 is 0 Å². The minimum absolute atomic E-state index is 0.255. The van der Waals surface area contributed by atoms with Crippen LogP contribution in [0.4, 0.5) is 0 Å². The van der Waals surface area contributed by atoms with Crippen molar-refractivity contribution in [2.24, 2.45) is 0 Å². The lowest BCUT2D eigenvalue weighted by atomic mass is 10.1. The molecule has 0 radical (unpaired) electrons. The van der Waals surface area contributed by atoms with Gasteiger partial charge < -0.3 is 4.42 Å². The van der Waals surface area contributed by atoms with Crippen LogP contribution in [0.1, 0.15) is 10.6 Å². The fourth-order valence-corrected chi connectivity index (χ4v) is 1.92. The first-order chi connectivity index (χ1) is 9.38. The average molecular weight is 249 g/mol. The maximum atomic E-state index is 11.1. The van der Waals surface area contributed by atoms with E-state index in [1.54, 1.807) is 0 Å². The van der Waals surface area contributed by atoms with Gasteiger partial charge in [0.25, 0.3) is 0 Å². The lowest BCUT2D eigenvalue weighted by Gasteiger charge is -1.94. The molecule has 0 saturated carbocycles. The Morgan fingerprint density at radius 3 is 2.00 bits per heavy atom. The number of nitrogens with zero attached hydrogens (tertiary/aromatic N) is 1. The molecule has 2 aromatic carbocycles. The molecule has 3 nitrogen and oxygen atoms in total. The zero-order valence-corrected chi connectivity index (χ0v) is 10.1. The van der Waals surface area contributed by atoms with Crippen LogP contribution in [0, 0.1) is 0 Å². The Hall–Kier alpha value is -2.68. The molecule has 3 aromatic rings. The molecule has 3 heteroatoms. The fourth-order valence-electron chi connectivity index (χ4n) is 1.92. The van der Waals surface area contributed by atoms with Crippen molar-refractivity contribution in [3.63, 3.8) is 0 Å². The summed E-state index contributed by atoms with van der Waals surface area (Å²) in [6, 6.07) is 19.1. The van der Waals surface area contributed by atoms with Gasteiger partial charge >= 0.3 is 0 Å². The Labute approximate surface area is 110 Å². The van der Waals surface area contributed by atoms with Crippen molar-refractivity contribution in [3.8, 4) is 22.7 Å². The van der Waals surface area contributed by atoms with E-state index in [0.717, 1.165) is 11.1 Å². The van der Waals surface area contributed by atoms with E-state index in [-0.39, 0.29) is 5.76 Å². The van der Waals surface area contributed by atoms with Gasteiger partial charge in [-0.2, -0.15) is 0 Å². The van der Waals surface area contributed by atoms with Crippen LogP contribution < -0.4 is 0 Å². The fraction of sp³-hybridized carbons (Fsp3) is 0. The van der Waals surface area contributed by atoms with Crippen LogP contribution in [-0.2, 0) is 0 Å². The standard InChI is InChI=1S/C16H11NO2/c18-11-14-15(12-7-3-1-4-8-12)17-16(19-14)13-9-5-2-6-10-13/h1-11H. The van der Waals surface area contributed by atoms with Gasteiger partial charge in [0.2, 0.25) is 5.89 Å². The first-order valence-electron chi connectivity index (χ1n) is 5.95. The quantitative estimate of drug-likeness (QED) is 0.663. The largest absolute Gasteiger partial charge is 0.433 e. The summed E-state index contributed by atoms with van der Waals surface area (Å²) in [5, 5.41) is 0. The maximum absolute atomic E-state index is 11.1. The molecule has 0 aliphatic carbocycles. The highest BCUT2D eigenvalue weighted by molar-refractivity contribution is 5.83. The second-order valence-electron chi connectivity index (χ2n) is 4.08.